The Morgan fingerprint density at radius 3 is 2.80 bits per heavy atom. The van der Waals surface area contributed by atoms with Crippen LogP contribution in [0.2, 0.25) is 0 Å². The third kappa shape index (κ3) is 5.60. The molecule has 1 atom stereocenters. The van der Waals surface area contributed by atoms with Crippen molar-refractivity contribution in [2.24, 2.45) is 5.92 Å². The van der Waals surface area contributed by atoms with E-state index in [2.05, 4.69) is 19.2 Å². The lowest BCUT2D eigenvalue weighted by Crippen LogP contribution is -2.12. The van der Waals surface area contributed by atoms with Crippen LogP contribution in [-0.2, 0) is 4.79 Å². The lowest BCUT2D eigenvalue weighted by atomic mass is 10.0. The first kappa shape index (κ1) is 9.47. The van der Waals surface area contributed by atoms with Crippen LogP contribution in [0.25, 0.3) is 0 Å². The molecular weight excluding hydrogens is 126 g/mol. The van der Waals surface area contributed by atoms with E-state index in [1.165, 1.54) is 12.8 Å². The predicted octanol–water partition coefficient (Wildman–Crippen LogP) is 1.56. The summed E-state index contributed by atoms with van der Waals surface area (Å²) >= 11 is 0. The molecule has 0 radical (unpaired) electrons. The molecule has 0 aliphatic rings. The van der Waals surface area contributed by atoms with Crippen LogP contribution in [0.1, 0.15) is 33.1 Å². The molecule has 0 bridgehead atoms. The first-order valence-corrected chi connectivity index (χ1v) is 3.98. The van der Waals surface area contributed by atoms with Crippen molar-refractivity contribution < 1.29 is 4.79 Å². The molecule has 2 heteroatoms. The highest BCUT2D eigenvalue weighted by atomic mass is 16.1. The Morgan fingerprint density at radius 1 is 1.60 bits per heavy atom. The molecule has 1 N–H and O–H groups in total. The Kier molecular flexibility index (Phi) is 6.24. The highest BCUT2D eigenvalue weighted by molar-refractivity contribution is 5.45. The first-order valence-electron chi connectivity index (χ1n) is 3.98. The Bertz CT molecular complexity index is 83.3. The smallest absolute Gasteiger partial charge is 0.207 e. The number of nitrogens with one attached hydrogen (secondary N) is 1. The third-order valence-electron chi connectivity index (χ3n) is 1.80. The normalized spacial score (nSPS) is 12.6. The summed E-state index contributed by atoms with van der Waals surface area (Å²) in [5.74, 6) is 0.799. The molecule has 0 aliphatic heterocycles. The largest absolute Gasteiger partial charge is 0.359 e. The number of amides is 1. The lowest BCUT2D eigenvalue weighted by molar-refractivity contribution is -0.109. The summed E-state index contributed by atoms with van der Waals surface area (Å²) in [6, 6.07) is 0. The number of hydrogen-bond donors (Lipinski definition) is 1. The monoisotopic (exact) mass is 143 g/mol. The summed E-state index contributed by atoms with van der Waals surface area (Å²) in [5.41, 5.74) is 0. The quantitative estimate of drug-likeness (QED) is 0.443. The fourth-order valence-electron chi connectivity index (χ4n) is 0.816. The van der Waals surface area contributed by atoms with E-state index in [1.54, 1.807) is 0 Å². The molecular formula is C8H17NO. The fourth-order valence-corrected chi connectivity index (χ4v) is 0.816. The average Bonchev–Trinajstić information content (AvgIpc) is 1.98. The van der Waals surface area contributed by atoms with Gasteiger partial charge in [-0.25, -0.2) is 0 Å². The second-order valence-corrected chi connectivity index (χ2v) is 2.73. The molecule has 1 unspecified atom stereocenters. The van der Waals surface area contributed by atoms with Gasteiger partial charge in [0.1, 0.15) is 0 Å². The zero-order chi connectivity index (χ0) is 7.82. The number of hydrogen-bond acceptors (Lipinski definition) is 1. The summed E-state index contributed by atoms with van der Waals surface area (Å²) in [6.07, 6.45) is 4.32. The summed E-state index contributed by atoms with van der Waals surface area (Å²) in [4.78, 5) is 9.81. The summed E-state index contributed by atoms with van der Waals surface area (Å²) in [6.45, 7) is 5.26. The minimum atomic E-state index is 0.761. The van der Waals surface area contributed by atoms with Crippen molar-refractivity contribution in [2.75, 3.05) is 6.54 Å². The third-order valence-corrected chi connectivity index (χ3v) is 1.80. The standard InChI is InChI=1S/C8H17NO/c1-3-8(2)5-4-6-9-7-10/h7-8H,3-6H2,1-2H3,(H,9,10). The fraction of sp³-hybridized carbons (Fsp3) is 0.875. The predicted molar refractivity (Wildman–Crippen MR) is 42.8 cm³/mol. The molecule has 1 amide bonds. The lowest BCUT2D eigenvalue weighted by Gasteiger charge is -2.06. The molecule has 60 valence electrons. The van der Waals surface area contributed by atoms with Gasteiger partial charge in [-0.2, -0.15) is 0 Å². The minimum Gasteiger partial charge on any atom is -0.359 e. The van der Waals surface area contributed by atoms with Crippen molar-refractivity contribution in [3.05, 3.63) is 0 Å². The van der Waals surface area contributed by atoms with Gasteiger partial charge in [0.2, 0.25) is 6.41 Å². The van der Waals surface area contributed by atoms with E-state index in [0.29, 0.717) is 0 Å². The summed E-state index contributed by atoms with van der Waals surface area (Å²) < 4.78 is 0. The van der Waals surface area contributed by atoms with E-state index < -0.39 is 0 Å². The molecule has 0 aromatic rings. The van der Waals surface area contributed by atoms with E-state index >= 15 is 0 Å². The van der Waals surface area contributed by atoms with Crippen LogP contribution < -0.4 is 5.32 Å². The highest BCUT2D eigenvalue weighted by Crippen LogP contribution is 2.07. The second-order valence-electron chi connectivity index (χ2n) is 2.73. The van der Waals surface area contributed by atoms with Gasteiger partial charge in [0.25, 0.3) is 0 Å². The van der Waals surface area contributed by atoms with E-state index in [0.717, 1.165) is 25.3 Å². The molecule has 0 saturated carbocycles. The van der Waals surface area contributed by atoms with Gasteiger partial charge in [0.05, 0.1) is 0 Å². The summed E-state index contributed by atoms with van der Waals surface area (Å²) in [5, 5.41) is 2.65. The van der Waals surface area contributed by atoms with E-state index in [1.807, 2.05) is 0 Å². The zero-order valence-electron chi connectivity index (χ0n) is 6.89. The van der Waals surface area contributed by atoms with Crippen LogP contribution >= 0.6 is 0 Å². The maximum Gasteiger partial charge on any atom is 0.207 e. The van der Waals surface area contributed by atoms with Gasteiger partial charge >= 0.3 is 0 Å². The van der Waals surface area contributed by atoms with Gasteiger partial charge in [-0.15, -0.1) is 0 Å². The van der Waals surface area contributed by atoms with Crippen LogP contribution in [0.3, 0.4) is 0 Å². The summed E-state index contributed by atoms with van der Waals surface area (Å²) in [7, 11) is 0. The molecule has 0 fully saturated rings. The maximum atomic E-state index is 9.81. The Hall–Kier alpha value is -0.530. The Morgan fingerprint density at radius 2 is 2.30 bits per heavy atom. The van der Waals surface area contributed by atoms with Crippen LogP contribution in [0.5, 0.6) is 0 Å². The van der Waals surface area contributed by atoms with Crippen molar-refractivity contribution in [1.82, 2.24) is 5.32 Å². The average molecular weight is 143 g/mol. The van der Waals surface area contributed by atoms with Gasteiger partial charge in [0.15, 0.2) is 0 Å². The molecule has 0 heterocycles. The molecule has 0 aliphatic carbocycles. The highest BCUT2D eigenvalue weighted by Gasteiger charge is 1.96. The molecule has 0 spiro atoms. The van der Waals surface area contributed by atoms with Gasteiger partial charge in [0, 0.05) is 6.54 Å². The topological polar surface area (TPSA) is 29.1 Å². The van der Waals surface area contributed by atoms with Crippen LogP contribution in [-0.4, -0.2) is 13.0 Å². The number of rotatable bonds is 6. The molecule has 0 rings (SSSR count). The van der Waals surface area contributed by atoms with Crippen molar-refractivity contribution in [3.8, 4) is 0 Å². The van der Waals surface area contributed by atoms with Crippen LogP contribution in [0, 0.1) is 5.92 Å². The van der Waals surface area contributed by atoms with E-state index in [-0.39, 0.29) is 0 Å². The van der Waals surface area contributed by atoms with E-state index in [9.17, 15) is 4.79 Å². The van der Waals surface area contributed by atoms with Crippen molar-refractivity contribution >= 4 is 6.41 Å². The molecule has 0 saturated heterocycles. The second kappa shape index (κ2) is 6.59. The number of carbonyl (C=O) groups is 1. The van der Waals surface area contributed by atoms with Gasteiger partial charge < -0.3 is 5.32 Å². The van der Waals surface area contributed by atoms with Crippen LogP contribution in [0.15, 0.2) is 0 Å². The SMILES string of the molecule is CCC(C)CCCNC=O. The zero-order valence-corrected chi connectivity index (χ0v) is 6.89. The van der Waals surface area contributed by atoms with E-state index in [4.69, 9.17) is 0 Å². The van der Waals surface area contributed by atoms with Crippen LogP contribution in [0.4, 0.5) is 0 Å². The van der Waals surface area contributed by atoms with Crippen molar-refractivity contribution in [3.63, 3.8) is 0 Å². The maximum absolute atomic E-state index is 9.81. The first-order chi connectivity index (χ1) is 4.81. The van der Waals surface area contributed by atoms with Gasteiger partial charge in [-0.1, -0.05) is 20.3 Å². The molecule has 0 aromatic carbocycles. The Labute approximate surface area is 63.0 Å². The Balaban J connectivity index is 2.95. The van der Waals surface area contributed by atoms with Gasteiger partial charge in [-0.3, -0.25) is 4.79 Å². The van der Waals surface area contributed by atoms with Crippen molar-refractivity contribution in [1.29, 1.82) is 0 Å². The van der Waals surface area contributed by atoms with Crippen molar-refractivity contribution in [2.45, 2.75) is 33.1 Å². The number of carbonyl (C=O) groups excluding carboxylic acids is 1. The van der Waals surface area contributed by atoms with Gasteiger partial charge in [-0.05, 0) is 18.8 Å². The molecule has 10 heavy (non-hydrogen) atoms. The molecule has 0 aromatic heterocycles. The molecule has 2 nitrogen and oxygen atoms in total. The minimum absolute atomic E-state index is 0.761.